The van der Waals surface area contributed by atoms with E-state index in [2.05, 4.69) is 27.1 Å². The smallest absolute Gasteiger partial charge is 0.191 e. The molecule has 0 bridgehead atoms. The van der Waals surface area contributed by atoms with Crippen molar-refractivity contribution < 1.29 is 14.3 Å². The van der Waals surface area contributed by atoms with Gasteiger partial charge in [0, 0.05) is 39.1 Å². The molecule has 0 aromatic carbocycles. The molecule has 2 rings (SSSR count). The Kier molecular flexibility index (Phi) is 10.9. The molecular formula is C18H31IN4O3. The van der Waals surface area contributed by atoms with E-state index >= 15 is 0 Å². The van der Waals surface area contributed by atoms with Crippen molar-refractivity contribution in [3.8, 4) is 0 Å². The first kappa shape index (κ1) is 22.9. The Hall–Kier alpha value is -1.10. The highest BCUT2D eigenvalue weighted by Crippen LogP contribution is 2.09. The van der Waals surface area contributed by atoms with Crippen LogP contribution in [0, 0.1) is 0 Å². The number of guanidine groups is 1. The number of morpholine rings is 1. The Morgan fingerprint density at radius 1 is 1.42 bits per heavy atom. The van der Waals surface area contributed by atoms with Gasteiger partial charge in [0.05, 0.1) is 31.6 Å². The van der Waals surface area contributed by atoms with Gasteiger partial charge in [-0.3, -0.25) is 9.89 Å². The van der Waals surface area contributed by atoms with E-state index in [-0.39, 0.29) is 24.0 Å². The van der Waals surface area contributed by atoms with E-state index in [4.69, 9.17) is 9.15 Å². The van der Waals surface area contributed by atoms with Crippen LogP contribution in [0.25, 0.3) is 0 Å². The van der Waals surface area contributed by atoms with Gasteiger partial charge in [0.15, 0.2) is 5.96 Å². The number of β-amino-alcohol motifs (C(OH)–C–C–N with tert-alkyl or cyclic N) is 1. The maximum Gasteiger partial charge on any atom is 0.191 e. The third kappa shape index (κ3) is 9.02. The van der Waals surface area contributed by atoms with Crippen LogP contribution in [0.4, 0.5) is 0 Å². The summed E-state index contributed by atoms with van der Waals surface area (Å²) in [6, 6.07) is 3.83. The van der Waals surface area contributed by atoms with Crippen molar-refractivity contribution >= 4 is 29.9 Å². The molecule has 26 heavy (non-hydrogen) atoms. The minimum absolute atomic E-state index is 0. The maximum absolute atomic E-state index is 10.6. The third-order valence-electron chi connectivity index (χ3n) is 3.90. The Morgan fingerprint density at radius 2 is 2.19 bits per heavy atom. The van der Waals surface area contributed by atoms with Gasteiger partial charge in [-0.1, -0.05) is 6.08 Å². The van der Waals surface area contributed by atoms with Crippen LogP contribution < -0.4 is 10.6 Å². The van der Waals surface area contributed by atoms with Gasteiger partial charge in [0.2, 0.25) is 0 Å². The molecule has 1 aromatic rings. The zero-order valence-corrected chi connectivity index (χ0v) is 17.8. The van der Waals surface area contributed by atoms with E-state index in [1.54, 1.807) is 12.3 Å². The number of furan rings is 1. The van der Waals surface area contributed by atoms with Crippen LogP contribution in [0.5, 0.6) is 0 Å². The van der Waals surface area contributed by atoms with Gasteiger partial charge in [-0.25, -0.2) is 0 Å². The number of rotatable bonds is 9. The minimum atomic E-state index is -0.888. The molecule has 0 saturated carbocycles. The summed E-state index contributed by atoms with van der Waals surface area (Å²) in [6.45, 7) is 10.9. The topological polar surface area (TPSA) is 82.3 Å². The molecule has 1 aromatic heterocycles. The number of ether oxygens (including phenoxy) is 1. The second kappa shape index (κ2) is 12.3. The van der Waals surface area contributed by atoms with Gasteiger partial charge < -0.3 is 24.9 Å². The van der Waals surface area contributed by atoms with Gasteiger partial charge in [-0.2, -0.15) is 0 Å². The predicted octanol–water partition coefficient (Wildman–Crippen LogP) is 1.24. The van der Waals surface area contributed by atoms with Crippen molar-refractivity contribution in [1.29, 1.82) is 0 Å². The van der Waals surface area contributed by atoms with Crippen LogP contribution in [0.1, 0.15) is 12.7 Å². The fourth-order valence-corrected chi connectivity index (χ4v) is 2.64. The predicted molar refractivity (Wildman–Crippen MR) is 114 cm³/mol. The molecule has 1 aliphatic heterocycles. The number of nitrogens with zero attached hydrogens (tertiary/aromatic N) is 2. The van der Waals surface area contributed by atoms with E-state index in [0.29, 0.717) is 32.1 Å². The molecule has 1 saturated heterocycles. The molecule has 8 heteroatoms. The lowest BCUT2D eigenvalue weighted by Crippen LogP contribution is -2.48. The highest BCUT2D eigenvalue weighted by atomic mass is 127. The zero-order valence-electron chi connectivity index (χ0n) is 15.4. The Balaban J connectivity index is 0.00000338. The van der Waals surface area contributed by atoms with E-state index in [9.17, 15) is 5.11 Å². The lowest BCUT2D eigenvalue weighted by atomic mass is 10.1. The normalized spacial score (nSPS) is 17.8. The molecule has 2 heterocycles. The average Bonchev–Trinajstić information content (AvgIpc) is 3.11. The highest BCUT2D eigenvalue weighted by molar-refractivity contribution is 14.0. The minimum Gasteiger partial charge on any atom is -0.469 e. The second-order valence-corrected chi connectivity index (χ2v) is 6.48. The van der Waals surface area contributed by atoms with Crippen molar-refractivity contribution in [2.75, 3.05) is 52.5 Å². The van der Waals surface area contributed by atoms with E-state index in [1.165, 1.54) is 0 Å². The Morgan fingerprint density at radius 3 is 2.85 bits per heavy atom. The molecule has 0 aliphatic carbocycles. The summed E-state index contributed by atoms with van der Waals surface area (Å²) in [5.41, 5.74) is -0.888. The summed E-state index contributed by atoms with van der Waals surface area (Å²) >= 11 is 0. The summed E-state index contributed by atoms with van der Waals surface area (Å²) in [7, 11) is 0. The molecule has 148 valence electrons. The Bertz CT molecular complexity index is 529. The second-order valence-electron chi connectivity index (χ2n) is 6.48. The summed E-state index contributed by atoms with van der Waals surface area (Å²) in [6.07, 6.45) is 4.21. The average molecular weight is 478 g/mol. The van der Waals surface area contributed by atoms with Crippen LogP contribution in [-0.4, -0.2) is 74.0 Å². The molecule has 1 unspecified atom stereocenters. The van der Waals surface area contributed by atoms with Gasteiger partial charge >= 0.3 is 0 Å². The first-order valence-electron chi connectivity index (χ1n) is 8.77. The molecular weight excluding hydrogens is 447 g/mol. The lowest BCUT2D eigenvalue weighted by Gasteiger charge is -2.33. The molecule has 1 aliphatic rings. The monoisotopic (exact) mass is 478 g/mol. The summed E-state index contributed by atoms with van der Waals surface area (Å²) in [4.78, 5) is 6.73. The third-order valence-corrected chi connectivity index (χ3v) is 3.90. The van der Waals surface area contributed by atoms with Crippen LogP contribution in [0.3, 0.4) is 0 Å². The summed E-state index contributed by atoms with van der Waals surface area (Å²) in [5, 5.41) is 17.1. The molecule has 3 N–H and O–H groups in total. The quantitative estimate of drug-likeness (QED) is 0.215. The molecule has 1 fully saturated rings. The van der Waals surface area contributed by atoms with Crippen LogP contribution in [0.2, 0.25) is 0 Å². The van der Waals surface area contributed by atoms with Crippen molar-refractivity contribution in [1.82, 2.24) is 15.5 Å². The number of hydrogen-bond donors (Lipinski definition) is 3. The number of halogens is 1. The SMILES string of the molecule is C=CCNC(=NCC(C)(O)CN1CCOCC1)NCCc1ccco1.I. The number of aliphatic imine (C=N–C) groups is 1. The van der Waals surface area contributed by atoms with Gasteiger partial charge in [0.1, 0.15) is 5.76 Å². The van der Waals surface area contributed by atoms with Gasteiger partial charge in [-0.15, -0.1) is 30.6 Å². The summed E-state index contributed by atoms with van der Waals surface area (Å²) < 4.78 is 10.7. The fraction of sp³-hybridized carbons (Fsp3) is 0.611. The van der Waals surface area contributed by atoms with Gasteiger partial charge in [0.25, 0.3) is 0 Å². The standard InChI is InChI=1S/C18H30N4O3.HI/c1-3-7-19-17(20-8-6-16-5-4-11-25-16)21-14-18(2,23)15-22-9-12-24-13-10-22;/h3-5,11,23H,1,6-10,12-15H2,2H3,(H2,19,20,21);1H. The number of hydrogen-bond acceptors (Lipinski definition) is 5. The zero-order chi connectivity index (χ0) is 18.0. The number of aliphatic hydroxyl groups is 1. The molecule has 0 amide bonds. The molecule has 7 nitrogen and oxygen atoms in total. The van der Waals surface area contributed by atoms with Crippen molar-refractivity contribution in [3.05, 3.63) is 36.8 Å². The first-order chi connectivity index (χ1) is 12.1. The van der Waals surface area contributed by atoms with Gasteiger partial charge in [-0.05, 0) is 19.1 Å². The van der Waals surface area contributed by atoms with Crippen molar-refractivity contribution in [2.45, 2.75) is 18.9 Å². The van der Waals surface area contributed by atoms with E-state index in [0.717, 1.165) is 38.5 Å². The van der Waals surface area contributed by atoms with Crippen molar-refractivity contribution in [3.63, 3.8) is 0 Å². The fourth-order valence-electron chi connectivity index (χ4n) is 2.64. The molecule has 1 atom stereocenters. The van der Waals surface area contributed by atoms with Crippen LogP contribution >= 0.6 is 24.0 Å². The largest absolute Gasteiger partial charge is 0.469 e. The van der Waals surface area contributed by atoms with E-state index < -0.39 is 5.60 Å². The first-order valence-corrected chi connectivity index (χ1v) is 8.77. The van der Waals surface area contributed by atoms with Crippen LogP contribution in [0.15, 0.2) is 40.5 Å². The van der Waals surface area contributed by atoms with E-state index in [1.807, 2.05) is 19.1 Å². The lowest BCUT2D eigenvalue weighted by molar-refractivity contribution is -0.0179. The molecule has 0 spiro atoms. The molecule has 0 radical (unpaired) electrons. The summed E-state index contributed by atoms with van der Waals surface area (Å²) in [5.74, 6) is 1.59. The maximum atomic E-state index is 10.6. The highest BCUT2D eigenvalue weighted by Gasteiger charge is 2.25. The Labute approximate surface area is 172 Å². The number of nitrogens with one attached hydrogen (secondary N) is 2. The van der Waals surface area contributed by atoms with Crippen molar-refractivity contribution in [2.24, 2.45) is 4.99 Å². The van der Waals surface area contributed by atoms with Crippen LogP contribution in [-0.2, 0) is 11.2 Å².